The van der Waals surface area contributed by atoms with Crippen molar-refractivity contribution in [2.24, 2.45) is 0 Å². The Bertz CT molecular complexity index is 529. The number of halogens is 2. The minimum absolute atomic E-state index is 0.663. The molecular weight excluding hydrogens is 275 g/mol. The van der Waals surface area contributed by atoms with Gasteiger partial charge < -0.3 is 5.11 Å². The van der Waals surface area contributed by atoms with E-state index in [1.54, 1.807) is 6.07 Å². The van der Waals surface area contributed by atoms with E-state index >= 15 is 0 Å². The van der Waals surface area contributed by atoms with E-state index in [1.807, 2.05) is 32.0 Å². The van der Waals surface area contributed by atoms with E-state index in [2.05, 4.69) is 0 Å². The van der Waals surface area contributed by atoms with Crippen LogP contribution in [0.4, 0.5) is 0 Å². The molecule has 0 bridgehead atoms. The Hall–Kier alpha value is -0.540. The molecule has 1 heterocycles. The van der Waals surface area contributed by atoms with Crippen molar-refractivity contribution < 1.29 is 5.11 Å². The summed E-state index contributed by atoms with van der Waals surface area (Å²) in [4.78, 5) is 0.840. The first-order valence-electron chi connectivity index (χ1n) is 5.19. The molecule has 0 spiro atoms. The number of hydrogen-bond donors (Lipinski definition) is 1. The third kappa shape index (κ3) is 2.66. The number of aryl methyl sites for hydroxylation is 2. The average Bonchev–Trinajstić information content (AvgIpc) is 2.62. The van der Waals surface area contributed by atoms with E-state index in [-0.39, 0.29) is 0 Å². The summed E-state index contributed by atoms with van der Waals surface area (Å²) in [6, 6.07) is 7.49. The van der Waals surface area contributed by atoms with E-state index in [0.717, 1.165) is 25.9 Å². The van der Waals surface area contributed by atoms with Crippen molar-refractivity contribution in [2.45, 2.75) is 20.0 Å². The van der Waals surface area contributed by atoms with Crippen LogP contribution in [0.15, 0.2) is 24.3 Å². The zero-order valence-corrected chi connectivity index (χ0v) is 11.8. The predicted octanol–water partition coefficient (Wildman–Crippen LogP) is 4.75. The van der Waals surface area contributed by atoms with E-state index in [4.69, 9.17) is 23.2 Å². The van der Waals surface area contributed by atoms with Gasteiger partial charge in [0.05, 0.1) is 4.34 Å². The van der Waals surface area contributed by atoms with Crippen molar-refractivity contribution in [1.29, 1.82) is 0 Å². The smallest absolute Gasteiger partial charge is 0.113 e. The molecule has 90 valence electrons. The summed E-state index contributed by atoms with van der Waals surface area (Å²) in [7, 11) is 0. The lowest BCUT2D eigenvalue weighted by Crippen LogP contribution is -1.97. The zero-order chi connectivity index (χ0) is 12.6. The maximum atomic E-state index is 10.2. The van der Waals surface area contributed by atoms with Crippen LogP contribution in [0.5, 0.6) is 0 Å². The molecule has 0 aliphatic carbocycles. The number of hydrogen-bond acceptors (Lipinski definition) is 2. The second kappa shape index (κ2) is 4.99. The molecule has 2 aromatic rings. The minimum atomic E-state index is -0.663. The number of thiophene rings is 1. The molecule has 0 fully saturated rings. The van der Waals surface area contributed by atoms with Gasteiger partial charge in [0.2, 0.25) is 0 Å². The molecule has 1 unspecified atom stereocenters. The Morgan fingerprint density at radius 3 is 2.35 bits per heavy atom. The van der Waals surface area contributed by atoms with Gasteiger partial charge in [-0.3, -0.25) is 0 Å². The molecule has 17 heavy (non-hydrogen) atoms. The van der Waals surface area contributed by atoms with Crippen LogP contribution >= 0.6 is 34.5 Å². The minimum Gasteiger partial charge on any atom is -0.383 e. The second-order valence-corrected chi connectivity index (χ2v) is 6.11. The Morgan fingerprint density at radius 2 is 1.82 bits per heavy atom. The molecule has 2 rings (SSSR count). The maximum absolute atomic E-state index is 10.2. The average molecular weight is 287 g/mol. The molecule has 0 aliphatic rings. The third-order valence-electron chi connectivity index (χ3n) is 2.66. The van der Waals surface area contributed by atoms with Crippen molar-refractivity contribution in [1.82, 2.24) is 0 Å². The standard InChI is InChI=1S/C13H12Cl2OS/c1-7-3-4-9(6-10(7)14)12(16)11-5-8(2)13(15)17-11/h3-6,12,16H,1-2H3. The molecule has 1 aromatic carbocycles. The van der Waals surface area contributed by atoms with Gasteiger partial charge >= 0.3 is 0 Å². The van der Waals surface area contributed by atoms with Crippen molar-refractivity contribution >= 4 is 34.5 Å². The van der Waals surface area contributed by atoms with Crippen LogP contribution < -0.4 is 0 Å². The molecule has 0 amide bonds. The van der Waals surface area contributed by atoms with Gasteiger partial charge in [0.1, 0.15) is 6.10 Å². The molecule has 4 heteroatoms. The van der Waals surface area contributed by atoms with Gasteiger partial charge in [-0.25, -0.2) is 0 Å². The molecule has 0 radical (unpaired) electrons. The van der Waals surface area contributed by atoms with Crippen molar-refractivity contribution in [3.63, 3.8) is 0 Å². The highest BCUT2D eigenvalue weighted by Gasteiger charge is 2.15. The lowest BCUT2D eigenvalue weighted by molar-refractivity contribution is 0.224. The summed E-state index contributed by atoms with van der Waals surface area (Å²) in [6.07, 6.45) is -0.663. The van der Waals surface area contributed by atoms with Crippen LogP contribution in [0, 0.1) is 13.8 Å². The summed E-state index contributed by atoms with van der Waals surface area (Å²) < 4.78 is 0.720. The van der Waals surface area contributed by atoms with Gasteiger partial charge in [-0.15, -0.1) is 11.3 Å². The largest absolute Gasteiger partial charge is 0.383 e. The predicted molar refractivity (Wildman–Crippen MR) is 74.3 cm³/mol. The van der Waals surface area contributed by atoms with Gasteiger partial charge in [-0.1, -0.05) is 35.3 Å². The zero-order valence-electron chi connectivity index (χ0n) is 9.50. The highest BCUT2D eigenvalue weighted by atomic mass is 35.5. The molecule has 1 atom stereocenters. The van der Waals surface area contributed by atoms with Gasteiger partial charge in [-0.05, 0) is 42.7 Å². The fourth-order valence-corrected chi connectivity index (χ4v) is 2.98. The Labute approximate surface area is 115 Å². The van der Waals surface area contributed by atoms with Crippen molar-refractivity contribution in [3.8, 4) is 0 Å². The second-order valence-electron chi connectivity index (χ2n) is 4.02. The molecular formula is C13H12Cl2OS. The number of benzene rings is 1. The summed E-state index contributed by atoms with van der Waals surface area (Å²) in [5, 5.41) is 10.9. The van der Waals surface area contributed by atoms with Crippen molar-refractivity contribution in [3.05, 3.63) is 55.2 Å². The summed E-state index contributed by atoms with van der Waals surface area (Å²) in [5.41, 5.74) is 2.78. The van der Waals surface area contributed by atoms with Crippen LogP contribution in [0.2, 0.25) is 9.36 Å². The molecule has 0 aliphatic heterocycles. The van der Waals surface area contributed by atoms with Crippen LogP contribution in [0.1, 0.15) is 27.7 Å². The first kappa shape index (κ1) is 12.9. The molecule has 1 aromatic heterocycles. The van der Waals surface area contributed by atoms with Crippen LogP contribution in [-0.2, 0) is 0 Å². The summed E-state index contributed by atoms with van der Waals surface area (Å²) >= 11 is 13.4. The van der Waals surface area contributed by atoms with Crippen LogP contribution in [-0.4, -0.2) is 5.11 Å². The number of rotatable bonds is 2. The molecule has 1 nitrogen and oxygen atoms in total. The number of aliphatic hydroxyl groups is 1. The van der Waals surface area contributed by atoms with Crippen LogP contribution in [0.3, 0.4) is 0 Å². The highest BCUT2D eigenvalue weighted by Crippen LogP contribution is 2.34. The van der Waals surface area contributed by atoms with Gasteiger partial charge in [-0.2, -0.15) is 0 Å². The van der Waals surface area contributed by atoms with E-state index < -0.39 is 6.10 Å². The maximum Gasteiger partial charge on any atom is 0.113 e. The van der Waals surface area contributed by atoms with E-state index in [1.165, 1.54) is 11.3 Å². The summed E-state index contributed by atoms with van der Waals surface area (Å²) in [6.45, 7) is 3.86. The highest BCUT2D eigenvalue weighted by molar-refractivity contribution is 7.16. The Morgan fingerprint density at radius 1 is 1.12 bits per heavy atom. The Kier molecular flexibility index (Phi) is 3.79. The molecule has 0 saturated heterocycles. The van der Waals surface area contributed by atoms with Crippen molar-refractivity contribution in [2.75, 3.05) is 0 Å². The topological polar surface area (TPSA) is 20.2 Å². The fraction of sp³-hybridized carbons (Fsp3) is 0.231. The lowest BCUT2D eigenvalue weighted by Gasteiger charge is -2.10. The van der Waals surface area contributed by atoms with Gasteiger partial charge in [0.25, 0.3) is 0 Å². The monoisotopic (exact) mass is 286 g/mol. The van der Waals surface area contributed by atoms with Gasteiger partial charge in [0.15, 0.2) is 0 Å². The SMILES string of the molecule is Cc1ccc(C(O)c2cc(C)c(Cl)s2)cc1Cl. The number of aliphatic hydroxyl groups excluding tert-OH is 1. The third-order valence-corrected chi connectivity index (χ3v) is 4.67. The Balaban J connectivity index is 2.36. The fourth-order valence-electron chi connectivity index (χ4n) is 1.56. The quantitative estimate of drug-likeness (QED) is 0.844. The molecule has 0 saturated carbocycles. The van der Waals surface area contributed by atoms with Gasteiger partial charge in [0, 0.05) is 9.90 Å². The molecule has 1 N–H and O–H groups in total. The normalized spacial score (nSPS) is 12.8. The lowest BCUT2D eigenvalue weighted by atomic mass is 10.1. The van der Waals surface area contributed by atoms with E-state index in [9.17, 15) is 5.11 Å². The summed E-state index contributed by atoms with van der Waals surface area (Å²) in [5.74, 6) is 0. The first-order chi connectivity index (χ1) is 7.99. The van der Waals surface area contributed by atoms with E-state index in [0.29, 0.717) is 5.02 Å². The first-order valence-corrected chi connectivity index (χ1v) is 6.76. The van der Waals surface area contributed by atoms with Crippen LogP contribution in [0.25, 0.3) is 0 Å².